The van der Waals surface area contributed by atoms with Crippen LogP contribution in [0.2, 0.25) is 10.2 Å². The molecule has 26 heavy (non-hydrogen) atoms. The number of nitrogens with one attached hydrogen (secondary N) is 1. The zero-order chi connectivity index (χ0) is 18.5. The maximum absolute atomic E-state index is 12.1. The van der Waals surface area contributed by atoms with Gasteiger partial charge >= 0.3 is 0 Å². The first-order valence-electron chi connectivity index (χ1n) is 7.83. The van der Waals surface area contributed by atoms with Gasteiger partial charge in [0.25, 0.3) is 5.91 Å². The molecule has 1 unspecified atom stereocenters. The van der Waals surface area contributed by atoms with E-state index in [0.717, 1.165) is 10.9 Å². The second-order valence-corrected chi connectivity index (χ2v) is 6.31. The van der Waals surface area contributed by atoms with Crippen LogP contribution >= 0.6 is 23.2 Å². The minimum absolute atomic E-state index is 0.310. The Labute approximate surface area is 160 Å². The summed E-state index contributed by atoms with van der Waals surface area (Å²) in [4.78, 5) is 16.4. The van der Waals surface area contributed by atoms with Gasteiger partial charge in [-0.25, -0.2) is 10.4 Å². The topological polar surface area (TPSA) is 63.6 Å². The fourth-order valence-corrected chi connectivity index (χ4v) is 2.63. The third kappa shape index (κ3) is 4.50. The lowest BCUT2D eigenvalue weighted by atomic mass is 10.2. The SMILES string of the molecule is CC(Oc1cccc(Cl)c1)C(=O)NN=Cc1cc2ccccc2nc1Cl. The van der Waals surface area contributed by atoms with Crippen molar-refractivity contribution in [2.45, 2.75) is 13.0 Å². The standard InChI is InChI=1S/C19H15Cl2N3O2/c1-12(26-16-7-4-6-15(20)10-16)19(25)24-22-11-14-9-13-5-2-3-8-17(13)23-18(14)21/h2-12H,1H3,(H,24,25). The predicted octanol–water partition coefficient (Wildman–Crippen LogP) is 4.46. The Morgan fingerprint density at radius 3 is 2.81 bits per heavy atom. The van der Waals surface area contributed by atoms with Crippen LogP contribution in [0.15, 0.2) is 59.7 Å². The Hall–Kier alpha value is -2.63. The molecule has 2 aromatic carbocycles. The van der Waals surface area contributed by atoms with Gasteiger partial charge in [0.2, 0.25) is 0 Å². The number of fused-ring (bicyclic) bond motifs is 1. The van der Waals surface area contributed by atoms with Crippen molar-refractivity contribution in [1.29, 1.82) is 0 Å². The molecule has 1 heterocycles. The molecule has 0 fully saturated rings. The summed E-state index contributed by atoms with van der Waals surface area (Å²) in [7, 11) is 0. The minimum atomic E-state index is -0.740. The average molecular weight is 388 g/mol. The first kappa shape index (κ1) is 18.2. The van der Waals surface area contributed by atoms with Gasteiger partial charge in [-0.3, -0.25) is 4.79 Å². The zero-order valence-corrected chi connectivity index (χ0v) is 15.3. The van der Waals surface area contributed by atoms with Crippen molar-refractivity contribution in [3.8, 4) is 5.75 Å². The molecule has 1 aromatic heterocycles. The van der Waals surface area contributed by atoms with Gasteiger partial charge in [0.15, 0.2) is 6.10 Å². The van der Waals surface area contributed by atoms with E-state index in [1.54, 1.807) is 31.2 Å². The molecule has 3 rings (SSSR count). The van der Waals surface area contributed by atoms with E-state index in [0.29, 0.717) is 21.5 Å². The molecule has 0 aliphatic carbocycles. The molecule has 0 aliphatic rings. The third-order valence-corrected chi connectivity index (χ3v) is 4.10. The Morgan fingerprint density at radius 1 is 1.19 bits per heavy atom. The molecule has 0 bridgehead atoms. The number of pyridine rings is 1. The number of aromatic nitrogens is 1. The number of ether oxygens (including phenoxy) is 1. The molecule has 1 N–H and O–H groups in total. The van der Waals surface area contributed by atoms with E-state index in [4.69, 9.17) is 27.9 Å². The molecule has 132 valence electrons. The van der Waals surface area contributed by atoms with E-state index in [1.807, 2.05) is 30.3 Å². The highest BCUT2D eigenvalue weighted by atomic mass is 35.5. The molecule has 0 radical (unpaired) electrons. The first-order chi connectivity index (χ1) is 12.5. The molecule has 0 saturated heterocycles. The number of amides is 1. The number of hydrogen-bond acceptors (Lipinski definition) is 4. The molecular formula is C19H15Cl2N3O2. The lowest BCUT2D eigenvalue weighted by Gasteiger charge is -2.12. The van der Waals surface area contributed by atoms with Gasteiger partial charge in [0.1, 0.15) is 10.9 Å². The van der Waals surface area contributed by atoms with E-state index >= 15 is 0 Å². The van der Waals surface area contributed by atoms with Crippen LogP contribution in [0.25, 0.3) is 10.9 Å². The molecule has 7 heteroatoms. The van der Waals surface area contributed by atoms with Crippen molar-refractivity contribution in [2.24, 2.45) is 5.10 Å². The van der Waals surface area contributed by atoms with Crippen molar-refractivity contribution in [2.75, 3.05) is 0 Å². The van der Waals surface area contributed by atoms with E-state index in [9.17, 15) is 4.79 Å². The van der Waals surface area contributed by atoms with Crippen molar-refractivity contribution in [1.82, 2.24) is 10.4 Å². The van der Waals surface area contributed by atoms with Crippen molar-refractivity contribution >= 4 is 46.2 Å². The van der Waals surface area contributed by atoms with Crippen LogP contribution in [0.5, 0.6) is 5.75 Å². The van der Waals surface area contributed by atoms with E-state index < -0.39 is 12.0 Å². The summed E-state index contributed by atoms with van der Waals surface area (Å²) in [6.07, 6.45) is 0.710. The van der Waals surface area contributed by atoms with Crippen molar-refractivity contribution in [3.63, 3.8) is 0 Å². The van der Waals surface area contributed by atoms with Crippen molar-refractivity contribution in [3.05, 3.63) is 70.3 Å². The quantitative estimate of drug-likeness (QED) is 0.399. The number of nitrogens with zero attached hydrogens (tertiary/aromatic N) is 2. The van der Waals surface area contributed by atoms with Crippen LogP contribution in [0.4, 0.5) is 0 Å². The molecular weight excluding hydrogens is 373 g/mol. The Morgan fingerprint density at radius 2 is 2.00 bits per heavy atom. The fraction of sp³-hybridized carbons (Fsp3) is 0.105. The second-order valence-electron chi connectivity index (χ2n) is 5.51. The molecule has 0 spiro atoms. The number of carbonyl (C=O) groups excluding carboxylic acids is 1. The van der Waals surface area contributed by atoms with Gasteiger partial charge in [-0.1, -0.05) is 47.5 Å². The van der Waals surface area contributed by atoms with Gasteiger partial charge in [0, 0.05) is 16.0 Å². The van der Waals surface area contributed by atoms with Gasteiger partial charge in [0.05, 0.1) is 11.7 Å². The van der Waals surface area contributed by atoms with E-state index in [1.165, 1.54) is 6.21 Å². The number of halogens is 2. The minimum Gasteiger partial charge on any atom is -0.481 e. The Balaban J connectivity index is 1.64. The van der Waals surface area contributed by atoms with Crippen LogP contribution in [0.3, 0.4) is 0 Å². The van der Waals surface area contributed by atoms with Gasteiger partial charge < -0.3 is 4.74 Å². The summed E-state index contributed by atoms with van der Waals surface area (Å²) < 4.78 is 5.53. The van der Waals surface area contributed by atoms with Crippen LogP contribution in [0, 0.1) is 0 Å². The molecule has 5 nitrogen and oxygen atoms in total. The maximum atomic E-state index is 12.1. The average Bonchev–Trinajstić information content (AvgIpc) is 2.62. The highest BCUT2D eigenvalue weighted by molar-refractivity contribution is 6.32. The van der Waals surface area contributed by atoms with Crippen LogP contribution in [0.1, 0.15) is 12.5 Å². The van der Waals surface area contributed by atoms with E-state index in [2.05, 4.69) is 15.5 Å². The monoisotopic (exact) mass is 387 g/mol. The summed E-state index contributed by atoms with van der Waals surface area (Å²) in [6.45, 7) is 1.62. The highest BCUT2D eigenvalue weighted by Gasteiger charge is 2.14. The third-order valence-electron chi connectivity index (χ3n) is 3.56. The lowest BCUT2D eigenvalue weighted by Crippen LogP contribution is -2.33. The maximum Gasteiger partial charge on any atom is 0.280 e. The summed E-state index contributed by atoms with van der Waals surface area (Å²) in [5.41, 5.74) is 3.83. The normalized spacial score (nSPS) is 12.3. The summed E-state index contributed by atoms with van der Waals surface area (Å²) in [5.74, 6) is 0.108. The van der Waals surface area contributed by atoms with Crippen LogP contribution < -0.4 is 10.2 Å². The Bertz CT molecular complexity index is 976. The lowest BCUT2D eigenvalue weighted by molar-refractivity contribution is -0.127. The number of carbonyl (C=O) groups is 1. The van der Waals surface area contributed by atoms with Crippen LogP contribution in [-0.2, 0) is 4.79 Å². The summed E-state index contributed by atoms with van der Waals surface area (Å²) >= 11 is 12.0. The zero-order valence-electron chi connectivity index (χ0n) is 13.8. The molecule has 0 saturated carbocycles. The molecule has 1 atom stereocenters. The fourth-order valence-electron chi connectivity index (χ4n) is 2.25. The molecule has 1 amide bonds. The molecule has 3 aromatic rings. The number of para-hydroxylation sites is 1. The Kier molecular flexibility index (Phi) is 5.71. The van der Waals surface area contributed by atoms with E-state index in [-0.39, 0.29) is 0 Å². The number of hydrogen-bond donors (Lipinski definition) is 1. The summed E-state index contributed by atoms with van der Waals surface area (Å²) in [5, 5.41) is 5.71. The van der Waals surface area contributed by atoms with Crippen molar-refractivity contribution < 1.29 is 9.53 Å². The summed E-state index contributed by atoms with van der Waals surface area (Å²) in [6, 6.07) is 16.3. The number of benzene rings is 2. The van der Waals surface area contributed by atoms with Gasteiger partial charge in [-0.15, -0.1) is 0 Å². The smallest absolute Gasteiger partial charge is 0.280 e. The highest BCUT2D eigenvalue weighted by Crippen LogP contribution is 2.19. The molecule has 0 aliphatic heterocycles. The first-order valence-corrected chi connectivity index (χ1v) is 8.59. The predicted molar refractivity (Wildman–Crippen MR) is 104 cm³/mol. The van der Waals surface area contributed by atoms with Gasteiger partial charge in [-0.2, -0.15) is 5.10 Å². The number of rotatable bonds is 5. The van der Waals surface area contributed by atoms with Crippen LogP contribution in [-0.4, -0.2) is 23.2 Å². The van der Waals surface area contributed by atoms with Gasteiger partial charge in [-0.05, 0) is 37.3 Å². The number of hydrazone groups is 1. The largest absolute Gasteiger partial charge is 0.481 e. The second kappa shape index (κ2) is 8.17.